The zero-order valence-corrected chi connectivity index (χ0v) is 8.68. The van der Waals surface area contributed by atoms with Crippen LogP contribution in [0.4, 0.5) is 0 Å². The third-order valence-corrected chi connectivity index (χ3v) is 2.09. The normalized spacial score (nSPS) is 12.8. The highest BCUT2D eigenvalue weighted by Gasteiger charge is 2.04. The summed E-state index contributed by atoms with van der Waals surface area (Å²) in [5.74, 6) is -0.172. The van der Waals surface area contributed by atoms with Gasteiger partial charge in [-0.05, 0) is 38.3 Å². The molecular formula is C10H21NO2. The molecule has 3 heteroatoms. The first-order valence-electron chi connectivity index (χ1n) is 5.09. The Balaban J connectivity index is 3.19. The summed E-state index contributed by atoms with van der Waals surface area (Å²) in [4.78, 5) is 10.3. The molecule has 0 aliphatic heterocycles. The zero-order chi connectivity index (χ0) is 10.1. The molecule has 0 aliphatic carbocycles. The fourth-order valence-electron chi connectivity index (χ4n) is 1.16. The number of hydrogen-bond donors (Lipinski definition) is 2. The predicted molar refractivity (Wildman–Crippen MR) is 53.8 cm³/mol. The highest BCUT2D eigenvalue weighted by atomic mass is 16.4. The van der Waals surface area contributed by atoms with E-state index in [-0.39, 0.29) is 0 Å². The van der Waals surface area contributed by atoms with Gasteiger partial charge in [0.05, 0.1) is 0 Å². The summed E-state index contributed by atoms with van der Waals surface area (Å²) in [6.07, 6.45) is 3.33. The lowest BCUT2D eigenvalue weighted by molar-refractivity contribution is -0.137. The quantitative estimate of drug-likeness (QED) is 0.570. The van der Waals surface area contributed by atoms with Crippen molar-refractivity contribution in [2.24, 2.45) is 5.92 Å². The molecule has 0 spiro atoms. The standard InChI is InChI=1S/C10H21NO2/c1-3-7-11-8-6-9(2)4-5-10(12)13/h9,11H,3-8H2,1-2H3,(H,12,13). The van der Waals surface area contributed by atoms with Gasteiger partial charge in [-0.2, -0.15) is 0 Å². The van der Waals surface area contributed by atoms with Gasteiger partial charge in [-0.25, -0.2) is 0 Å². The molecule has 0 bridgehead atoms. The smallest absolute Gasteiger partial charge is 0.303 e. The second-order valence-electron chi connectivity index (χ2n) is 3.58. The van der Waals surface area contributed by atoms with E-state index >= 15 is 0 Å². The van der Waals surface area contributed by atoms with Gasteiger partial charge in [0, 0.05) is 6.42 Å². The van der Waals surface area contributed by atoms with Crippen LogP contribution in [0.25, 0.3) is 0 Å². The van der Waals surface area contributed by atoms with Crippen LogP contribution in [0.2, 0.25) is 0 Å². The van der Waals surface area contributed by atoms with E-state index in [2.05, 4.69) is 19.2 Å². The highest BCUT2D eigenvalue weighted by molar-refractivity contribution is 5.66. The SMILES string of the molecule is CCCNCCC(C)CCC(=O)O. The monoisotopic (exact) mass is 187 g/mol. The summed E-state index contributed by atoms with van der Waals surface area (Å²) < 4.78 is 0. The van der Waals surface area contributed by atoms with Crippen LogP contribution in [-0.2, 0) is 4.79 Å². The van der Waals surface area contributed by atoms with Crippen LogP contribution in [0.1, 0.15) is 39.5 Å². The molecule has 0 rings (SSSR count). The number of nitrogens with one attached hydrogen (secondary N) is 1. The number of carboxylic acid groups (broad SMARTS) is 1. The molecule has 1 unspecified atom stereocenters. The van der Waals surface area contributed by atoms with Crippen molar-refractivity contribution < 1.29 is 9.90 Å². The van der Waals surface area contributed by atoms with Gasteiger partial charge in [0.25, 0.3) is 0 Å². The molecule has 0 heterocycles. The highest BCUT2D eigenvalue weighted by Crippen LogP contribution is 2.08. The number of aliphatic carboxylic acids is 1. The van der Waals surface area contributed by atoms with Gasteiger partial charge >= 0.3 is 5.97 Å². The molecule has 3 nitrogen and oxygen atoms in total. The minimum Gasteiger partial charge on any atom is -0.481 e. The van der Waals surface area contributed by atoms with E-state index in [1.165, 1.54) is 0 Å². The van der Waals surface area contributed by atoms with E-state index < -0.39 is 5.97 Å². The Morgan fingerprint density at radius 1 is 1.38 bits per heavy atom. The average Bonchev–Trinajstić information content (AvgIpc) is 2.09. The minimum absolute atomic E-state index is 0.301. The molecule has 0 amide bonds. The van der Waals surface area contributed by atoms with E-state index in [4.69, 9.17) is 5.11 Å². The molecule has 2 N–H and O–H groups in total. The van der Waals surface area contributed by atoms with Gasteiger partial charge in [0.15, 0.2) is 0 Å². The second kappa shape index (κ2) is 8.05. The average molecular weight is 187 g/mol. The molecule has 13 heavy (non-hydrogen) atoms. The summed E-state index contributed by atoms with van der Waals surface area (Å²) in [6.45, 7) is 6.32. The lowest BCUT2D eigenvalue weighted by Gasteiger charge is -2.09. The number of carbonyl (C=O) groups is 1. The van der Waals surface area contributed by atoms with Crippen LogP contribution in [0.3, 0.4) is 0 Å². The fraction of sp³-hybridized carbons (Fsp3) is 0.900. The van der Waals surface area contributed by atoms with Crippen LogP contribution in [0.5, 0.6) is 0 Å². The molecule has 1 atom stereocenters. The van der Waals surface area contributed by atoms with E-state index in [0.717, 1.165) is 32.4 Å². The lowest BCUT2D eigenvalue weighted by Crippen LogP contribution is -2.18. The van der Waals surface area contributed by atoms with Gasteiger partial charge < -0.3 is 10.4 Å². The maximum absolute atomic E-state index is 10.3. The molecule has 0 saturated heterocycles. The Morgan fingerprint density at radius 3 is 2.62 bits per heavy atom. The van der Waals surface area contributed by atoms with Gasteiger partial charge in [-0.1, -0.05) is 13.8 Å². The van der Waals surface area contributed by atoms with E-state index in [0.29, 0.717) is 12.3 Å². The number of rotatable bonds is 8. The van der Waals surface area contributed by atoms with Gasteiger partial charge in [-0.3, -0.25) is 4.79 Å². The summed E-state index contributed by atoms with van der Waals surface area (Å²) in [6, 6.07) is 0. The van der Waals surface area contributed by atoms with Crippen molar-refractivity contribution in [3.05, 3.63) is 0 Å². The second-order valence-corrected chi connectivity index (χ2v) is 3.58. The Labute approximate surface area is 80.5 Å². The Hall–Kier alpha value is -0.570. The molecule has 0 saturated carbocycles. The van der Waals surface area contributed by atoms with Gasteiger partial charge in [0.2, 0.25) is 0 Å². The first-order valence-corrected chi connectivity index (χ1v) is 5.09. The van der Waals surface area contributed by atoms with Crippen LogP contribution in [-0.4, -0.2) is 24.2 Å². The van der Waals surface area contributed by atoms with E-state index in [9.17, 15) is 4.79 Å². The van der Waals surface area contributed by atoms with Crippen LogP contribution < -0.4 is 5.32 Å². The van der Waals surface area contributed by atoms with Crippen molar-refractivity contribution >= 4 is 5.97 Å². The molecule has 0 fully saturated rings. The molecule has 0 radical (unpaired) electrons. The maximum Gasteiger partial charge on any atom is 0.303 e. The maximum atomic E-state index is 10.3. The third-order valence-electron chi connectivity index (χ3n) is 2.09. The Kier molecular flexibility index (Phi) is 7.69. The Morgan fingerprint density at radius 2 is 2.08 bits per heavy atom. The first-order chi connectivity index (χ1) is 6.16. The summed E-state index contributed by atoms with van der Waals surface area (Å²) in [7, 11) is 0. The molecule has 0 aromatic rings. The molecule has 0 aromatic heterocycles. The summed E-state index contributed by atoms with van der Waals surface area (Å²) in [5.41, 5.74) is 0. The van der Waals surface area contributed by atoms with E-state index in [1.807, 2.05) is 0 Å². The third kappa shape index (κ3) is 9.34. The first kappa shape index (κ1) is 12.4. The van der Waals surface area contributed by atoms with Crippen molar-refractivity contribution in [2.45, 2.75) is 39.5 Å². The topological polar surface area (TPSA) is 49.3 Å². The van der Waals surface area contributed by atoms with Crippen LogP contribution >= 0.6 is 0 Å². The van der Waals surface area contributed by atoms with Crippen molar-refractivity contribution in [3.8, 4) is 0 Å². The Bertz CT molecular complexity index is 137. The molecule has 0 aliphatic rings. The molecule has 0 aromatic carbocycles. The van der Waals surface area contributed by atoms with Gasteiger partial charge in [-0.15, -0.1) is 0 Å². The fourth-order valence-corrected chi connectivity index (χ4v) is 1.16. The summed E-state index contributed by atoms with van der Waals surface area (Å²) in [5, 5.41) is 11.8. The van der Waals surface area contributed by atoms with Crippen molar-refractivity contribution in [3.63, 3.8) is 0 Å². The minimum atomic E-state index is -0.687. The van der Waals surface area contributed by atoms with Crippen LogP contribution in [0.15, 0.2) is 0 Å². The molecule has 78 valence electrons. The van der Waals surface area contributed by atoms with Crippen molar-refractivity contribution in [1.82, 2.24) is 5.32 Å². The zero-order valence-electron chi connectivity index (χ0n) is 8.68. The lowest BCUT2D eigenvalue weighted by atomic mass is 10.0. The van der Waals surface area contributed by atoms with Crippen molar-refractivity contribution in [1.29, 1.82) is 0 Å². The predicted octanol–water partition coefficient (Wildman–Crippen LogP) is 1.88. The van der Waals surface area contributed by atoms with Crippen molar-refractivity contribution in [2.75, 3.05) is 13.1 Å². The number of carboxylic acids is 1. The van der Waals surface area contributed by atoms with Gasteiger partial charge in [0.1, 0.15) is 0 Å². The van der Waals surface area contributed by atoms with Crippen LogP contribution in [0, 0.1) is 5.92 Å². The summed E-state index contributed by atoms with van der Waals surface area (Å²) >= 11 is 0. The largest absolute Gasteiger partial charge is 0.481 e. The number of hydrogen-bond acceptors (Lipinski definition) is 2. The molecular weight excluding hydrogens is 166 g/mol. The van der Waals surface area contributed by atoms with E-state index in [1.54, 1.807) is 0 Å².